The maximum Gasteiger partial charge on any atom is 0.247 e. The zero-order valence-electron chi connectivity index (χ0n) is 15.3. The first kappa shape index (κ1) is 17.5. The average molecular weight is 340 g/mol. The molecule has 1 saturated heterocycles. The molecule has 0 saturated carbocycles. The van der Waals surface area contributed by atoms with Crippen LogP contribution >= 0.6 is 0 Å². The summed E-state index contributed by atoms with van der Waals surface area (Å²) in [6.45, 7) is 5.44. The molecule has 0 atom stereocenters. The molecule has 0 radical (unpaired) electrons. The molecule has 0 unspecified atom stereocenters. The average Bonchev–Trinajstić information content (AvgIpc) is 2.67. The fraction of sp³-hybridized carbons (Fsp3) is 0.526. The smallest absolute Gasteiger partial charge is 0.247 e. The molecule has 2 aromatic rings. The van der Waals surface area contributed by atoms with Crippen LogP contribution in [0.25, 0.3) is 0 Å². The normalized spacial score (nSPS) is 14.4. The first-order valence-corrected chi connectivity index (χ1v) is 9.29. The minimum Gasteiger partial charge on any atom is -0.372 e. The Morgan fingerprint density at radius 2 is 1.88 bits per heavy atom. The highest BCUT2D eigenvalue weighted by Gasteiger charge is 2.11. The van der Waals surface area contributed by atoms with Gasteiger partial charge in [0, 0.05) is 38.1 Å². The number of hydrogen-bond donors (Lipinski definition) is 1. The second kappa shape index (κ2) is 8.65. The van der Waals surface area contributed by atoms with Gasteiger partial charge >= 0.3 is 0 Å². The molecular formula is C19H28N6. The molecule has 0 amide bonds. The van der Waals surface area contributed by atoms with Crippen molar-refractivity contribution in [1.29, 1.82) is 0 Å². The standard InChI is InChI=1S/C19H28N6/c1-3-4-12-24(2)19-22-18(15-20-23-19)21-16-8-10-17(11-9-16)25-13-6-5-7-14-25/h8-11,15H,3-7,12-14H2,1-2H3,(H,21,22,23). The zero-order chi connectivity index (χ0) is 17.5. The Balaban J connectivity index is 1.63. The van der Waals surface area contributed by atoms with Gasteiger partial charge in [-0.1, -0.05) is 13.3 Å². The second-order valence-corrected chi connectivity index (χ2v) is 6.64. The summed E-state index contributed by atoms with van der Waals surface area (Å²) in [7, 11) is 2.00. The van der Waals surface area contributed by atoms with Gasteiger partial charge in [0.15, 0.2) is 5.82 Å². The van der Waals surface area contributed by atoms with Gasteiger partial charge in [0.1, 0.15) is 0 Å². The van der Waals surface area contributed by atoms with Crippen molar-refractivity contribution in [3.63, 3.8) is 0 Å². The van der Waals surface area contributed by atoms with Crippen molar-refractivity contribution in [3.8, 4) is 0 Å². The molecule has 0 bridgehead atoms. The van der Waals surface area contributed by atoms with Crippen LogP contribution in [0.15, 0.2) is 30.5 Å². The van der Waals surface area contributed by atoms with E-state index in [-0.39, 0.29) is 0 Å². The number of hydrogen-bond acceptors (Lipinski definition) is 6. The number of piperidine rings is 1. The molecule has 6 nitrogen and oxygen atoms in total. The zero-order valence-corrected chi connectivity index (χ0v) is 15.3. The third-order valence-corrected chi connectivity index (χ3v) is 4.60. The van der Waals surface area contributed by atoms with E-state index in [1.165, 1.54) is 24.9 Å². The van der Waals surface area contributed by atoms with E-state index >= 15 is 0 Å². The molecule has 2 heterocycles. The lowest BCUT2D eigenvalue weighted by atomic mass is 10.1. The van der Waals surface area contributed by atoms with Gasteiger partial charge in [-0.15, -0.1) is 5.10 Å². The summed E-state index contributed by atoms with van der Waals surface area (Å²) in [4.78, 5) is 9.07. The molecule has 134 valence electrons. The van der Waals surface area contributed by atoms with Gasteiger partial charge in [-0.3, -0.25) is 0 Å². The summed E-state index contributed by atoms with van der Waals surface area (Å²) >= 11 is 0. The van der Waals surface area contributed by atoms with Crippen LogP contribution in [0.3, 0.4) is 0 Å². The summed E-state index contributed by atoms with van der Waals surface area (Å²) in [5.41, 5.74) is 2.31. The van der Waals surface area contributed by atoms with E-state index in [4.69, 9.17) is 0 Å². The van der Waals surface area contributed by atoms with E-state index < -0.39 is 0 Å². The van der Waals surface area contributed by atoms with Crippen molar-refractivity contribution >= 4 is 23.1 Å². The summed E-state index contributed by atoms with van der Waals surface area (Å²) in [5, 5.41) is 11.5. The van der Waals surface area contributed by atoms with E-state index in [0.29, 0.717) is 5.95 Å². The predicted molar refractivity (Wildman–Crippen MR) is 104 cm³/mol. The SMILES string of the molecule is CCCCN(C)c1nncc(Nc2ccc(N3CCCCC3)cc2)n1. The number of anilines is 4. The van der Waals surface area contributed by atoms with Crippen LogP contribution in [0.2, 0.25) is 0 Å². The van der Waals surface area contributed by atoms with Gasteiger partial charge in [-0.25, -0.2) is 0 Å². The summed E-state index contributed by atoms with van der Waals surface area (Å²) in [6.07, 6.45) is 7.87. The summed E-state index contributed by atoms with van der Waals surface area (Å²) < 4.78 is 0. The molecule has 1 aromatic heterocycles. The summed E-state index contributed by atoms with van der Waals surface area (Å²) in [5.74, 6) is 1.38. The number of nitrogens with one attached hydrogen (secondary N) is 1. The first-order chi connectivity index (χ1) is 12.3. The van der Waals surface area contributed by atoms with Gasteiger partial charge in [0.05, 0.1) is 6.20 Å². The molecule has 3 rings (SSSR count). The van der Waals surface area contributed by atoms with Crippen LogP contribution in [0.4, 0.5) is 23.1 Å². The molecule has 1 aliphatic heterocycles. The van der Waals surface area contributed by atoms with Crippen LogP contribution in [0, 0.1) is 0 Å². The van der Waals surface area contributed by atoms with Gasteiger partial charge in [0.25, 0.3) is 0 Å². The predicted octanol–water partition coefficient (Wildman–Crippen LogP) is 3.84. The van der Waals surface area contributed by atoms with Crippen molar-refractivity contribution in [1.82, 2.24) is 15.2 Å². The lowest BCUT2D eigenvalue weighted by Crippen LogP contribution is -2.29. The summed E-state index contributed by atoms with van der Waals surface area (Å²) in [6, 6.07) is 8.56. The first-order valence-electron chi connectivity index (χ1n) is 9.29. The van der Waals surface area contributed by atoms with E-state index in [1.807, 2.05) is 11.9 Å². The molecule has 0 spiro atoms. The Bertz CT molecular complexity index is 651. The molecule has 6 heteroatoms. The Morgan fingerprint density at radius 1 is 1.12 bits per heavy atom. The van der Waals surface area contributed by atoms with Crippen molar-refractivity contribution < 1.29 is 0 Å². The molecule has 1 N–H and O–H groups in total. The quantitative estimate of drug-likeness (QED) is 0.826. The highest BCUT2D eigenvalue weighted by atomic mass is 15.3. The Labute approximate surface area is 150 Å². The van der Waals surface area contributed by atoms with Crippen molar-refractivity contribution in [2.75, 3.05) is 41.8 Å². The third-order valence-electron chi connectivity index (χ3n) is 4.60. The molecule has 1 aliphatic rings. The maximum absolute atomic E-state index is 4.56. The number of unbranched alkanes of at least 4 members (excludes halogenated alkanes) is 1. The third kappa shape index (κ3) is 4.81. The lowest BCUT2D eigenvalue weighted by molar-refractivity contribution is 0.578. The Morgan fingerprint density at radius 3 is 2.60 bits per heavy atom. The highest BCUT2D eigenvalue weighted by molar-refractivity contribution is 5.61. The fourth-order valence-electron chi connectivity index (χ4n) is 3.07. The number of benzene rings is 1. The molecule has 25 heavy (non-hydrogen) atoms. The largest absolute Gasteiger partial charge is 0.372 e. The van der Waals surface area contributed by atoms with Gasteiger partial charge in [-0.05, 0) is 49.9 Å². The second-order valence-electron chi connectivity index (χ2n) is 6.64. The van der Waals surface area contributed by atoms with Gasteiger partial charge in [-0.2, -0.15) is 10.1 Å². The monoisotopic (exact) mass is 340 g/mol. The fourth-order valence-corrected chi connectivity index (χ4v) is 3.07. The van der Waals surface area contributed by atoms with E-state index in [2.05, 4.69) is 56.6 Å². The highest BCUT2D eigenvalue weighted by Crippen LogP contribution is 2.23. The molecular weight excluding hydrogens is 312 g/mol. The molecule has 1 fully saturated rings. The Kier molecular flexibility index (Phi) is 6.04. The molecule has 0 aliphatic carbocycles. The maximum atomic E-state index is 4.56. The van der Waals surface area contributed by atoms with Gasteiger partial charge in [0.2, 0.25) is 5.95 Å². The minimum atomic E-state index is 0.656. The minimum absolute atomic E-state index is 0.656. The van der Waals surface area contributed by atoms with Crippen LogP contribution < -0.4 is 15.1 Å². The van der Waals surface area contributed by atoms with Crippen molar-refractivity contribution in [2.24, 2.45) is 0 Å². The van der Waals surface area contributed by atoms with Crippen LogP contribution in [0.1, 0.15) is 39.0 Å². The number of rotatable bonds is 7. The van der Waals surface area contributed by atoms with E-state index in [0.717, 1.165) is 44.0 Å². The van der Waals surface area contributed by atoms with E-state index in [1.54, 1.807) is 6.20 Å². The lowest BCUT2D eigenvalue weighted by Gasteiger charge is -2.28. The van der Waals surface area contributed by atoms with Crippen molar-refractivity contribution in [3.05, 3.63) is 30.5 Å². The van der Waals surface area contributed by atoms with E-state index in [9.17, 15) is 0 Å². The van der Waals surface area contributed by atoms with Crippen LogP contribution in [-0.4, -0.2) is 41.9 Å². The number of aromatic nitrogens is 3. The van der Waals surface area contributed by atoms with Gasteiger partial charge < -0.3 is 15.1 Å². The topological polar surface area (TPSA) is 57.2 Å². The van der Waals surface area contributed by atoms with Crippen molar-refractivity contribution in [2.45, 2.75) is 39.0 Å². The Hall–Kier alpha value is -2.37. The van der Waals surface area contributed by atoms with Crippen LogP contribution in [0.5, 0.6) is 0 Å². The molecule has 1 aromatic carbocycles. The number of nitrogens with zero attached hydrogens (tertiary/aromatic N) is 5. The van der Waals surface area contributed by atoms with Crippen LogP contribution in [-0.2, 0) is 0 Å².